The van der Waals surface area contributed by atoms with E-state index < -0.39 is 0 Å². The van der Waals surface area contributed by atoms with Crippen LogP contribution in [0.2, 0.25) is 0 Å². The Bertz CT molecular complexity index is 273. The second-order valence-corrected chi connectivity index (χ2v) is 5.24. The molecular formula is C10H12O2. The Morgan fingerprint density at radius 3 is 2.67 bits per heavy atom. The highest BCUT2D eigenvalue weighted by Crippen LogP contribution is 2.69. The van der Waals surface area contributed by atoms with Crippen LogP contribution in [-0.2, 0) is 9.47 Å². The summed E-state index contributed by atoms with van der Waals surface area (Å²) in [6, 6.07) is 0. The lowest BCUT2D eigenvalue weighted by molar-refractivity contribution is 0.162. The van der Waals surface area contributed by atoms with Gasteiger partial charge in [-0.3, -0.25) is 0 Å². The molecule has 3 saturated carbocycles. The molecule has 0 spiro atoms. The van der Waals surface area contributed by atoms with Crippen LogP contribution in [0.5, 0.6) is 0 Å². The van der Waals surface area contributed by atoms with E-state index in [9.17, 15) is 0 Å². The summed E-state index contributed by atoms with van der Waals surface area (Å²) in [5.74, 6) is 3.77. The van der Waals surface area contributed by atoms with E-state index in [0.717, 1.165) is 23.7 Å². The molecule has 2 heteroatoms. The van der Waals surface area contributed by atoms with Gasteiger partial charge < -0.3 is 9.47 Å². The van der Waals surface area contributed by atoms with Gasteiger partial charge in [0.2, 0.25) is 0 Å². The summed E-state index contributed by atoms with van der Waals surface area (Å²) in [4.78, 5) is 0. The summed E-state index contributed by atoms with van der Waals surface area (Å²) in [6.07, 6.45) is 5.58. The predicted molar refractivity (Wildman–Crippen MR) is 40.5 cm³/mol. The third kappa shape index (κ3) is 0.409. The van der Waals surface area contributed by atoms with Crippen molar-refractivity contribution in [3.63, 3.8) is 0 Å². The van der Waals surface area contributed by atoms with Crippen molar-refractivity contribution in [2.24, 2.45) is 23.7 Å². The van der Waals surface area contributed by atoms with Crippen molar-refractivity contribution in [2.75, 3.05) is 0 Å². The highest BCUT2D eigenvalue weighted by molar-refractivity contribution is 5.21. The minimum atomic E-state index is 0.676. The van der Waals surface area contributed by atoms with Crippen molar-refractivity contribution in [2.45, 2.75) is 37.3 Å². The van der Waals surface area contributed by atoms with Crippen LogP contribution in [0.1, 0.15) is 12.8 Å². The monoisotopic (exact) mass is 164 g/mol. The van der Waals surface area contributed by atoms with E-state index in [0.29, 0.717) is 24.4 Å². The molecule has 0 radical (unpaired) electrons. The first-order valence-electron chi connectivity index (χ1n) is 5.24. The molecule has 0 aromatic heterocycles. The lowest BCUT2D eigenvalue weighted by Gasteiger charge is -2.22. The van der Waals surface area contributed by atoms with Crippen LogP contribution in [0.3, 0.4) is 0 Å². The molecule has 5 aliphatic rings. The van der Waals surface area contributed by atoms with Crippen molar-refractivity contribution in [1.82, 2.24) is 0 Å². The zero-order valence-corrected chi connectivity index (χ0v) is 6.85. The van der Waals surface area contributed by atoms with E-state index in [1.807, 2.05) is 0 Å². The van der Waals surface area contributed by atoms with Crippen LogP contribution in [0.25, 0.3) is 0 Å². The number of rotatable bonds is 0. The number of hydrogen-bond acceptors (Lipinski definition) is 2. The Balaban J connectivity index is 1.66. The van der Waals surface area contributed by atoms with Gasteiger partial charge in [0.25, 0.3) is 0 Å². The summed E-state index contributed by atoms with van der Waals surface area (Å²) in [5.41, 5.74) is 0. The van der Waals surface area contributed by atoms with Gasteiger partial charge >= 0.3 is 0 Å². The minimum absolute atomic E-state index is 0.676. The summed E-state index contributed by atoms with van der Waals surface area (Å²) < 4.78 is 11.3. The lowest BCUT2D eigenvalue weighted by Crippen LogP contribution is -2.27. The van der Waals surface area contributed by atoms with Gasteiger partial charge in [-0.05, 0) is 36.5 Å². The van der Waals surface area contributed by atoms with E-state index in [1.165, 1.54) is 12.8 Å². The van der Waals surface area contributed by atoms with E-state index in [-0.39, 0.29) is 0 Å². The maximum atomic E-state index is 5.69. The van der Waals surface area contributed by atoms with Crippen LogP contribution in [0.4, 0.5) is 0 Å². The molecule has 8 atom stereocenters. The van der Waals surface area contributed by atoms with Crippen LogP contribution in [0, 0.1) is 23.7 Å². The molecule has 0 N–H and O–H groups in total. The van der Waals surface area contributed by atoms with Crippen molar-refractivity contribution in [3.05, 3.63) is 0 Å². The van der Waals surface area contributed by atoms with Gasteiger partial charge in [0.15, 0.2) is 0 Å². The van der Waals surface area contributed by atoms with Gasteiger partial charge in [-0.1, -0.05) is 0 Å². The maximum absolute atomic E-state index is 5.69. The summed E-state index contributed by atoms with van der Waals surface area (Å²) >= 11 is 0. The first-order valence-corrected chi connectivity index (χ1v) is 5.24. The van der Waals surface area contributed by atoms with Crippen molar-refractivity contribution in [1.29, 1.82) is 0 Å². The van der Waals surface area contributed by atoms with Crippen molar-refractivity contribution >= 4 is 0 Å². The van der Waals surface area contributed by atoms with Crippen LogP contribution in [-0.4, -0.2) is 24.4 Å². The molecule has 5 fully saturated rings. The standard InChI is InChI=1S/C10H12O2/c1-4-3-2-6-10(11-6)7(3)5(1)9-8(4)12-9/h3-10H,1-2H2/t3-,4+,5-,6?,7-,8?,9?,10?/m0/s1. The smallest absolute Gasteiger partial charge is 0.0876 e. The Labute approximate surface area is 71.2 Å². The molecule has 12 heavy (non-hydrogen) atoms. The second kappa shape index (κ2) is 1.38. The topological polar surface area (TPSA) is 25.1 Å². The predicted octanol–water partition coefficient (Wildman–Crippen LogP) is 0.807. The molecule has 2 nitrogen and oxygen atoms in total. The van der Waals surface area contributed by atoms with Crippen LogP contribution >= 0.6 is 0 Å². The largest absolute Gasteiger partial charge is 0.369 e. The van der Waals surface area contributed by atoms with Crippen molar-refractivity contribution < 1.29 is 9.47 Å². The molecule has 0 aromatic rings. The highest BCUT2D eigenvalue weighted by Gasteiger charge is 2.74. The average Bonchev–Trinajstić information content (AvgIpc) is 2.92. The van der Waals surface area contributed by atoms with E-state index >= 15 is 0 Å². The van der Waals surface area contributed by atoms with Crippen molar-refractivity contribution in [3.8, 4) is 0 Å². The maximum Gasteiger partial charge on any atom is 0.0876 e. The fourth-order valence-electron chi connectivity index (χ4n) is 4.58. The fraction of sp³-hybridized carbons (Fsp3) is 1.00. The van der Waals surface area contributed by atoms with Crippen LogP contribution < -0.4 is 0 Å². The molecule has 64 valence electrons. The third-order valence-corrected chi connectivity index (χ3v) is 4.99. The Morgan fingerprint density at radius 1 is 0.750 bits per heavy atom. The number of epoxide rings is 2. The molecule has 0 aromatic carbocycles. The minimum Gasteiger partial charge on any atom is -0.369 e. The van der Waals surface area contributed by atoms with Gasteiger partial charge in [0, 0.05) is 0 Å². The van der Waals surface area contributed by atoms with E-state index in [1.54, 1.807) is 0 Å². The molecule has 2 heterocycles. The van der Waals surface area contributed by atoms with Gasteiger partial charge in [0.05, 0.1) is 24.4 Å². The Kier molecular flexibility index (Phi) is 0.644. The molecule has 2 saturated heterocycles. The summed E-state index contributed by atoms with van der Waals surface area (Å²) in [6.45, 7) is 0. The third-order valence-electron chi connectivity index (χ3n) is 4.99. The van der Waals surface area contributed by atoms with Gasteiger partial charge in [-0.2, -0.15) is 0 Å². The highest BCUT2D eigenvalue weighted by atomic mass is 16.6. The molecule has 2 bridgehead atoms. The fourth-order valence-corrected chi connectivity index (χ4v) is 4.58. The lowest BCUT2D eigenvalue weighted by atomic mass is 9.81. The molecule has 0 amide bonds. The normalized spacial score (nSPS) is 80.0. The molecule has 4 unspecified atom stereocenters. The second-order valence-electron chi connectivity index (χ2n) is 5.24. The zero-order chi connectivity index (χ0) is 7.45. The molecule has 5 rings (SSSR count). The molecule has 3 aliphatic carbocycles. The number of ether oxygens (including phenoxy) is 2. The average molecular weight is 164 g/mol. The summed E-state index contributed by atoms with van der Waals surface area (Å²) in [5, 5.41) is 0. The quantitative estimate of drug-likeness (QED) is 0.495. The molecule has 2 aliphatic heterocycles. The number of hydrogen-bond donors (Lipinski definition) is 0. The Hall–Kier alpha value is -0.0800. The zero-order valence-electron chi connectivity index (χ0n) is 6.85. The van der Waals surface area contributed by atoms with Gasteiger partial charge in [-0.15, -0.1) is 0 Å². The number of fused-ring (bicyclic) bond motifs is 10. The Morgan fingerprint density at radius 2 is 1.67 bits per heavy atom. The van der Waals surface area contributed by atoms with E-state index in [2.05, 4.69) is 0 Å². The first kappa shape index (κ1) is 5.61. The van der Waals surface area contributed by atoms with E-state index in [4.69, 9.17) is 9.47 Å². The van der Waals surface area contributed by atoms with Crippen LogP contribution in [0.15, 0.2) is 0 Å². The summed E-state index contributed by atoms with van der Waals surface area (Å²) in [7, 11) is 0. The SMILES string of the molecule is C1C2OC2[C@H]2[C@@H]1[C@H]1C[C@@H]2C2OC21. The molecular weight excluding hydrogens is 152 g/mol. The van der Waals surface area contributed by atoms with Gasteiger partial charge in [-0.25, -0.2) is 0 Å². The first-order chi connectivity index (χ1) is 5.93. The van der Waals surface area contributed by atoms with Gasteiger partial charge in [0.1, 0.15) is 0 Å².